The van der Waals surface area contributed by atoms with Gasteiger partial charge in [-0.05, 0) is 30.4 Å². The molecule has 2 nitrogen and oxygen atoms in total. The molecule has 1 fully saturated rings. The summed E-state index contributed by atoms with van der Waals surface area (Å²) >= 11 is 0. The average molecular weight is 220 g/mol. The molecular weight excluding hydrogens is 196 g/mol. The first-order valence-corrected chi connectivity index (χ1v) is 6.10. The van der Waals surface area contributed by atoms with Crippen LogP contribution in [0, 0.1) is 0 Å². The maximum Gasteiger partial charge on any atom is 0.0173 e. The predicted octanol–water partition coefficient (Wildman–Crippen LogP) is 3.01. The van der Waals surface area contributed by atoms with Crippen molar-refractivity contribution in [3.63, 3.8) is 0 Å². The summed E-state index contributed by atoms with van der Waals surface area (Å²) in [6.45, 7) is 15.1. The highest BCUT2D eigenvalue weighted by Gasteiger charge is 2.14. The van der Waals surface area contributed by atoms with Crippen molar-refractivity contribution in [3.05, 3.63) is 37.0 Å². The summed E-state index contributed by atoms with van der Waals surface area (Å²) in [5.74, 6) is 0. The highest BCUT2D eigenvalue weighted by molar-refractivity contribution is 5.33. The molecule has 0 spiro atoms. The molecule has 0 aromatic heterocycles. The first-order valence-electron chi connectivity index (χ1n) is 6.10. The van der Waals surface area contributed by atoms with Gasteiger partial charge in [0.2, 0.25) is 0 Å². The Bertz CT molecular complexity index is 268. The highest BCUT2D eigenvalue weighted by atomic mass is 15.6. The van der Waals surface area contributed by atoms with Gasteiger partial charge in [-0.15, -0.1) is 0 Å². The summed E-state index contributed by atoms with van der Waals surface area (Å²) in [5.41, 5.74) is 2.07. The highest BCUT2D eigenvalue weighted by Crippen LogP contribution is 2.14. The molecule has 0 saturated carbocycles. The molecule has 90 valence electrons. The number of allylic oxidation sites excluding steroid dienone is 2. The van der Waals surface area contributed by atoms with E-state index in [1.165, 1.54) is 32.4 Å². The maximum atomic E-state index is 4.04. The second-order valence-corrected chi connectivity index (χ2v) is 4.48. The SMILES string of the molecule is C=CC(=C)C(=C)CCN1CCCCCN1C. The van der Waals surface area contributed by atoms with Crippen LogP contribution in [-0.2, 0) is 0 Å². The van der Waals surface area contributed by atoms with Gasteiger partial charge >= 0.3 is 0 Å². The summed E-state index contributed by atoms with van der Waals surface area (Å²) in [4.78, 5) is 0. The lowest BCUT2D eigenvalue weighted by Gasteiger charge is -2.30. The van der Waals surface area contributed by atoms with E-state index in [0.29, 0.717) is 0 Å². The van der Waals surface area contributed by atoms with Gasteiger partial charge in [0.05, 0.1) is 0 Å². The van der Waals surface area contributed by atoms with Crippen LogP contribution in [-0.4, -0.2) is 36.7 Å². The number of rotatable bonds is 5. The van der Waals surface area contributed by atoms with Crippen LogP contribution >= 0.6 is 0 Å². The fourth-order valence-corrected chi connectivity index (χ4v) is 1.98. The Kier molecular flexibility index (Phi) is 5.50. The zero-order chi connectivity index (χ0) is 12.0. The molecule has 16 heavy (non-hydrogen) atoms. The van der Waals surface area contributed by atoms with Gasteiger partial charge in [0.1, 0.15) is 0 Å². The fraction of sp³-hybridized carbons (Fsp3) is 0.571. The smallest absolute Gasteiger partial charge is 0.0173 e. The summed E-state index contributed by atoms with van der Waals surface area (Å²) in [7, 11) is 2.18. The molecule has 1 aliphatic rings. The summed E-state index contributed by atoms with van der Waals surface area (Å²) < 4.78 is 0. The molecular formula is C14H24N2. The molecule has 0 N–H and O–H groups in total. The molecule has 0 aliphatic carbocycles. The first kappa shape index (κ1) is 13.2. The summed E-state index contributed by atoms with van der Waals surface area (Å²) in [5, 5.41) is 4.77. The molecule has 0 atom stereocenters. The van der Waals surface area contributed by atoms with Crippen LogP contribution in [0.5, 0.6) is 0 Å². The van der Waals surface area contributed by atoms with Crippen molar-refractivity contribution in [2.45, 2.75) is 25.7 Å². The third-order valence-corrected chi connectivity index (χ3v) is 3.25. The van der Waals surface area contributed by atoms with Gasteiger partial charge in [-0.1, -0.05) is 32.2 Å². The Labute approximate surface area is 99.9 Å². The molecule has 2 heteroatoms. The van der Waals surface area contributed by atoms with Gasteiger partial charge < -0.3 is 0 Å². The number of hydrogen-bond acceptors (Lipinski definition) is 2. The number of hydrazine groups is 1. The van der Waals surface area contributed by atoms with Gasteiger partial charge in [-0.2, -0.15) is 0 Å². The Balaban J connectivity index is 2.37. The first-order chi connectivity index (χ1) is 7.65. The predicted molar refractivity (Wildman–Crippen MR) is 71.1 cm³/mol. The number of nitrogens with zero attached hydrogens (tertiary/aromatic N) is 2. The van der Waals surface area contributed by atoms with Crippen LogP contribution in [0.2, 0.25) is 0 Å². The zero-order valence-corrected chi connectivity index (χ0v) is 10.5. The lowest BCUT2D eigenvalue weighted by Crippen LogP contribution is -2.40. The molecule has 0 radical (unpaired) electrons. The summed E-state index contributed by atoms with van der Waals surface area (Å²) in [6, 6.07) is 0. The van der Waals surface area contributed by atoms with E-state index in [2.05, 4.69) is 36.8 Å². The van der Waals surface area contributed by atoms with Crippen molar-refractivity contribution in [1.29, 1.82) is 0 Å². The van der Waals surface area contributed by atoms with E-state index in [0.717, 1.165) is 24.1 Å². The van der Waals surface area contributed by atoms with Crippen molar-refractivity contribution < 1.29 is 0 Å². The maximum absolute atomic E-state index is 4.04. The largest absolute Gasteiger partial charge is 0.245 e. The molecule has 0 unspecified atom stereocenters. The van der Waals surface area contributed by atoms with Crippen LogP contribution < -0.4 is 0 Å². The van der Waals surface area contributed by atoms with E-state index < -0.39 is 0 Å². The van der Waals surface area contributed by atoms with Gasteiger partial charge in [-0.3, -0.25) is 0 Å². The van der Waals surface area contributed by atoms with Crippen molar-refractivity contribution >= 4 is 0 Å². The van der Waals surface area contributed by atoms with Crippen molar-refractivity contribution in [3.8, 4) is 0 Å². The minimum atomic E-state index is 0.970. The lowest BCUT2D eigenvalue weighted by molar-refractivity contribution is 0.0109. The second kappa shape index (κ2) is 6.66. The Morgan fingerprint density at radius 3 is 2.56 bits per heavy atom. The molecule has 0 aromatic rings. The van der Waals surface area contributed by atoms with E-state index >= 15 is 0 Å². The minimum absolute atomic E-state index is 0.970. The van der Waals surface area contributed by atoms with Gasteiger partial charge in [0, 0.05) is 26.7 Å². The van der Waals surface area contributed by atoms with Crippen LogP contribution in [0.1, 0.15) is 25.7 Å². The Morgan fingerprint density at radius 2 is 1.88 bits per heavy atom. The molecule has 1 rings (SSSR count). The Morgan fingerprint density at radius 1 is 1.19 bits per heavy atom. The van der Waals surface area contributed by atoms with Crippen LogP contribution in [0.4, 0.5) is 0 Å². The lowest BCUT2D eigenvalue weighted by atomic mass is 10.1. The van der Waals surface area contributed by atoms with Crippen molar-refractivity contribution in [2.24, 2.45) is 0 Å². The second-order valence-electron chi connectivity index (χ2n) is 4.48. The molecule has 1 saturated heterocycles. The fourth-order valence-electron chi connectivity index (χ4n) is 1.98. The van der Waals surface area contributed by atoms with E-state index in [1.54, 1.807) is 6.08 Å². The van der Waals surface area contributed by atoms with Crippen molar-refractivity contribution in [1.82, 2.24) is 10.0 Å². The van der Waals surface area contributed by atoms with Crippen LogP contribution in [0.25, 0.3) is 0 Å². The zero-order valence-electron chi connectivity index (χ0n) is 10.5. The molecule has 0 bridgehead atoms. The standard InChI is InChI=1S/C14H24N2/c1-5-13(2)14(3)9-12-16-11-8-6-7-10-15(16)4/h5H,1-3,6-12H2,4H3. The van der Waals surface area contributed by atoms with Gasteiger partial charge in [0.25, 0.3) is 0 Å². The summed E-state index contributed by atoms with van der Waals surface area (Å²) in [6.07, 6.45) is 6.73. The molecule has 0 amide bonds. The minimum Gasteiger partial charge on any atom is -0.245 e. The third-order valence-electron chi connectivity index (χ3n) is 3.25. The quantitative estimate of drug-likeness (QED) is 0.657. The van der Waals surface area contributed by atoms with E-state index in [1.807, 2.05) is 0 Å². The van der Waals surface area contributed by atoms with E-state index in [-0.39, 0.29) is 0 Å². The Hall–Kier alpha value is -0.860. The van der Waals surface area contributed by atoms with Gasteiger partial charge in [0.15, 0.2) is 0 Å². The normalized spacial score (nSPS) is 19.1. The van der Waals surface area contributed by atoms with Gasteiger partial charge in [-0.25, -0.2) is 10.0 Å². The molecule has 0 aromatic carbocycles. The van der Waals surface area contributed by atoms with E-state index in [9.17, 15) is 0 Å². The van der Waals surface area contributed by atoms with E-state index in [4.69, 9.17) is 0 Å². The van der Waals surface area contributed by atoms with Crippen LogP contribution in [0.15, 0.2) is 37.0 Å². The number of hydrogen-bond donors (Lipinski definition) is 0. The average Bonchev–Trinajstić information content (AvgIpc) is 2.50. The third kappa shape index (κ3) is 3.95. The van der Waals surface area contributed by atoms with Crippen molar-refractivity contribution in [2.75, 3.05) is 26.7 Å². The van der Waals surface area contributed by atoms with Crippen LogP contribution in [0.3, 0.4) is 0 Å². The molecule has 1 aliphatic heterocycles. The topological polar surface area (TPSA) is 6.48 Å². The molecule has 1 heterocycles. The monoisotopic (exact) mass is 220 g/mol.